The molecule has 1 saturated carbocycles. The summed E-state index contributed by atoms with van der Waals surface area (Å²) in [5.41, 5.74) is 1.17. The number of carbonyl (C=O) groups is 2. The molecule has 3 rings (SSSR count). The lowest BCUT2D eigenvalue weighted by Gasteiger charge is -2.33. The first kappa shape index (κ1) is 16.8. The summed E-state index contributed by atoms with van der Waals surface area (Å²) in [4.78, 5) is 25.5. The smallest absolute Gasteiger partial charge is 0.303 e. The van der Waals surface area contributed by atoms with Gasteiger partial charge in [-0.15, -0.1) is 0 Å². The van der Waals surface area contributed by atoms with Crippen LogP contribution in [0, 0.1) is 11.8 Å². The van der Waals surface area contributed by atoms with Gasteiger partial charge in [0.1, 0.15) is 5.75 Å². The van der Waals surface area contributed by atoms with Gasteiger partial charge in [0.2, 0.25) is 5.91 Å². The monoisotopic (exact) mass is 331 g/mol. The van der Waals surface area contributed by atoms with Gasteiger partial charge in [-0.3, -0.25) is 9.59 Å². The molecule has 0 unspecified atom stereocenters. The Labute approximate surface area is 142 Å². The maximum atomic E-state index is 12.8. The number of carbonyl (C=O) groups excluding carboxylic acids is 1. The lowest BCUT2D eigenvalue weighted by atomic mass is 9.93. The van der Waals surface area contributed by atoms with Crippen LogP contribution < -0.4 is 4.74 Å². The third-order valence-electron chi connectivity index (χ3n) is 5.23. The molecule has 3 atom stereocenters. The van der Waals surface area contributed by atoms with Crippen molar-refractivity contribution < 1.29 is 19.4 Å². The van der Waals surface area contributed by atoms with E-state index in [4.69, 9.17) is 9.84 Å². The van der Waals surface area contributed by atoms with Crippen molar-refractivity contribution in [3.05, 3.63) is 29.8 Å². The third kappa shape index (κ3) is 3.89. The Balaban J connectivity index is 1.56. The predicted molar refractivity (Wildman–Crippen MR) is 90.0 cm³/mol. The van der Waals surface area contributed by atoms with Crippen LogP contribution >= 0.6 is 0 Å². The Bertz CT molecular complexity index is 615. The summed E-state index contributed by atoms with van der Waals surface area (Å²) in [6.07, 6.45) is 3.78. The number of piperidine rings is 1. The van der Waals surface area contributed by atoms with Gasteiger partial charge in [0.05, 0.1) is 7.11 Å². The molecule has 130 valence electrons. The second-order valence-electron chi connectivity index (χ2n) is 6.95. The highest BCUT2D eigenvalue weighted by molar-refractivity contribution is 5.83. The Morgan fingerprint density at radius 3 is 2.96 bits per heavy atom. The van der Waals surface area contributed by atoms with Crippen LogP contribution in [0.2, 0.25) is 0 Å². The van der Waals surface area contributed by atoms with Gasteiger partial charge in [-0.05, 0) is 55.2 Å². The van der Waals surface area contributed by atoms with Crippen LogP contribution in [0.15, 0.2) is 24.3 Å². The summed E-state index contributed by atoms with van der Waals surface area (Å²) in [7, 11) is 1.65. The van der Waals surface area contributed by atoms with Gasteiger partial charge in [0, 0.05) is 25.4 Å². The molecule has 5 heteroatoms. The number of benzene rings is 1. The van der Waals surface area contributed by atoms with E-state index in [2.05, 4.69) is 6.07 Å². The third-order valence-corrected chi connectivity index (χ3v) is 5.23. The van der Waals surface area contributed by atoms with Crippen molar-refractivity contribution in [1.82, 2.24) is 4.90 Å². The van der Waals surface area contributed by atoms with Crippen molar-refractivity contribution in [2.45, 2.75) is 38.0 Å². The molecule has 1 aliphatic carbocycles. The molecule has 2 fully saturated rings. The molecule has 1 amide bonds. The molecule has 0 bridgehead atoms. The van der Waals surface area contributed by atoms with Crippen LogP contribution in [0.4, 0.5) is 0 Å². The molecular formula is C19H25NO4. The normalized spacial score (nSPS) is 26.0. The highest BCUT2D eigenvalue weighted by Crippen LogP contribution is 2.49. The molecule has 0 spiro atoms. The van der Waals surface area contributed by atoms with E-state index in [1.807, 2.05) is 23.1 Å². The van der Waals surface area contributed by atoms with E-state index in [1.165, 1.54) is 5.56 Å². The average molecular weight is 331 g/mol. The van der Waals surface area contributed by atoms with Crippen LogP contribution in [0.3, 0.4) is 0 Å². The second kappa shape index (κ2) is 7.24. The van der Waals surface area contributed by atoms with E-state index < -0.39 is 5.97 Å². The largest absolute Gasteiger partial charge is 0.497 e. The fourth-order valence-electron chi connectivity index (χ4n) is 3.77. The summed E-state index contributed by atoms with van der Waals surface area (Å²) in [6, 6.07) is 7.97. The molecule has 0 radical (unpaired) electrons. The minimum absolute atomic E-state index is 0.0790. The minimum atomic E-state index is -0.751. The zero-order chi connectivity index (χ0) is 17.1. The SMILES string of the molecule is COc1cccc([C@@H]2C[C@H]2C(=O)N2CCC[C@H](CCC(=O)O)C2)c1. The molecule has 1 aliphatic heterocycles. The average Bonchev–Trinajstić information content (AvgIpc) is 3.40. The maximum Gasteiger partial charge on any atom is 0.303 e. The number of aliphatic carboxylic acids is 1. The predicted octanol–water partition coefficient (Wildman–Crippen LogP) is 2.90. The van der Waals surface area contributed by atoms with Crippen LogP contribution in [-0.4, -0.2) is 42.1 Å². The quantitative estimate of drug-likeness (QED) is 0.870. The van der Waals surface area contributed by atoms with Crippen molar-refractivity contribution in [1.29, 1.82) is 0 Å². The second-order valence-corrected chi connectivity index (χ2v) is 6.95. The van der Waals surface area contributed by atoms with Crippen LogP contribution in [0.1, 0.15) is 43.6 Å². The molecule has 5 nitrogen and oxygen atoms in total. The van der Waals surface area contributed by atoms with Crippen LogP contribution in [-0.2, 0) is 9.59 Å². The maximum absolute atomic E-state index is 12.8. The highest BCUT2D eigenvalue weighted by atomic mass is 16.5. The van der Waals surface area contributed by atoms with Gasteiger partial charge < -0.3 is 14.7 Å². The lowest BCUT2D eigenvalue weighted by molar-refractivity contribution is -0.137. The number of nitrogens with zero attached hydrogens (tertiary/aromatic N) is 1. The number of carboxylic acids is 1. The lowest BCUT2D eigenvalue weighted by Crippen LogP contribution is -2.41. The summed E-state index contributed by atoms with van der Waals surface area (Å²) >= 11 is 0. The first-order chi connectivity index (χ1) is 11.6. The van der Waals surface area contributed by atoms with Gasteiger partial charge in [0.15, 0.2) is 0 Å². The molecule has 1 aromatic carbocycles. The molecular weight excluding hydrogens is 306 g/mol. The Morgan fingerprint density at radius 1 is 1.38 bits per heavy atom. The summed E-state index contributed by atoms with van der Waals surface area (Å²) < 4.78 is 5.26. The van der Waals surface area contributed by atoms with Crippen LogP contribution in [0.25, 0.3) is 0 Å². The zero-order valence-electron chi connectivity index (χ0n) is 14.1. The van der Waals surface area contributed by atoms with Gasteiger partial charge in [-0.2, -0.15) is 0 Å². The summed E-state index contributed by atoms with van der Waals surface area (Å²) in [6.45, 7) is 1.52. The fraction of sp³-hybridized carbons (Fsp3) is 0.579. The molecule has 1 saturated heterocycles. The zero-order valence-corrected chi connectivity index (χ0v) is 14.1. The van der Waals surface area contributed by atoms with Crippen LogP contribution in [0.5, 0.6) is 5.75 Å². The molecule has 1 heterocycles. The van der Waals surface area contributed by atoms with Crippen molar-refractivity contribution in [2.75, 3.05) is 20.2 Å². The summed E-state index contributed by atoms with van der Waals surface area (Å²) in [5, 5.41) is 8.83. The number of amides is 1. The van der Waals surface area contributed by atoms with E-state index in [0.717, 1.165) is 31.6 Å². The number of methoxy groups -OCH3 is 1. The standard InChI is InChI=1S/C19H25NO4/c1-24-15-6-2-5-14(10-15)16-11-17(16)19(23)20-9-3-4-13(12-20)7-8-18(21)22/h2,5-6,10,13,16-17H,3-4,7-9,11-12H2,1H3,(H,21,22)/t13-,16+,17-/m1/s1. The Hall–Kier alpha value is -2.04. The minimum Gasteiger partial charge on any atom is -0.497 e. The Kier molecular flexibility index (Phi) is 5.07. The van der Waals surface area contributed by atoms with Gasteiger partial charge in [-0.1, -0.05) is 12.1 Å². The van der Waals surface area contributed by atoms with Crippen molar-refractivity contribution in [2.24, 2.45) is 11.8 Å². The number of hydrogen-bond donors (Lipinski definition) is 1. The van der Waals surface area contributed by atoms with E-state index in [-0.39, 0.29) is 18.2 Å². The number of carboxylic acid groups (broad SMARTS) is 1. The molecule has 2 aliphatic rings. The van der Waals surface area contributed by atoms with Crippen molar-refractivity contribution in [3.63, 3.8) is 0 Å². The van der Waals surface area contributed by atoms with E-state index >= 15 is 0 Å². The molecule has 1 N–H and O–H groups in total. The first-order valence-electron chi connectivity index (χ1n) is 8.73. The Morgan fingerprint density at radius 2 is 2.21 bits per heavy atom. The van der Waals surface area contributed by atoms with E-state index in [0.29, 0.717) is 24.8 Å². The number of rotatable bonds is 6. The van der Waals surface area contributed by atoms with Gasteiger partial charge in [0.25, 0.3) is 0 Å². The van der Waals surface area contributed by atoms with Crippen molar-refractivity contribution in [3.8, 4) is 5.75 Å². The van der Waals surface area contributed by atoms with Gasteiger partial charge >= 0.3 is 5.97 Å². The molecule has 1 aromatic rings. The topological polar surface area (TPSA) is 66.8 Å². The summed E-state index contributed by atoms with van der Waals surface area (Å²) in [5.74, 6) is 1.02. The van der Waals surface area contributed by atoms with Crippen molar-refractivity contribution >= 4 is 11.9 Å². The molecule has 24 heavy (non-hydrogen) atoms. The number of likely N-dealkylation sites (tertiary alicyclic amines) is 1. The number of hydrogen-bond acceptors (Lipinski definition) is 3. The fourth-order valence-corrected chi connectivity index (χ4v) is 3.77. The molecule has 0 aromatic heterocycles. The highest BCUT2D eigenvalue weighted by Gasteiger charge is 2.46. The first-order valence-corrected chi connectivity index (χ1v) is 8.73. The van der Waals surface area contributed by atoms with Gasteiger partial charge in [-0.25, -0.2) is 0 Å². The van der Waals surface area contributed by atoms with E-state index in [9.17, 15) is 9.59 Å². The van der Waals surface area contributed by atoms with E-state index in [1.54, 1.807) is 7.11 Å². The number of ether oxygens (including phenoxy) is 1.